The number of rotatable bonds is 4. The van der Waals surface area contributed by atoms with Crippen LogP contribution < -0.4 is 5.32 Å². The van der Waals surface area contributed by atoms with Crippen LogP contribution in [0.15, 0.2) is 12.4 Å². The minimum absolute atomic E-state index is 0.128. The number of carbonyl (C=O) groups is 1. The zero-order valence-corrected chi connectivity index (χ0v) is 11.9. The Morgan fingerprint density at radius 3 is 2.80 bits per heavy atom. The van der Waals surface area contributed by atoms with Crippen molar-refractivity contribution >= 4 is 11.6 Å². The van der Waals surface area contributed by atoms with Gasteiger partial charge in [-0.25, -0.2) is 0 Å². The fourth-order valence-electron chi connectivity index (χ4n) is 3.24. The highest BCUT2D eigenvalue weighted by Gasteiger charge is 2.20. The minimum atomic E-state index is 0.128. The summed E-state index contributed by atoms with van der Waals surface area (Å²) in [6.45, 7) is 1.60. The number of hydrogen-bond acceptors (Lipinski definition) is 3. The van der Waals surface area contributed by atoms with Crippen molar-refractivity contribution in [3.05, 3.63) is 12.4 Å². The van der Waals surface area contributed by atoms with E-state index in [0.717, 1.165) is 31.7 Å². The Hall–Kier alpha value is -1.36. The third kappa shape index (κ3) is 3.39. The van der Waals surface area contributed by atoms with Crippen molar-refractivity contribution in [2.45, 2.75) is 51.0 Å². The lowest BCUT2D eigenvalue weighted by molar-refractivity contribution is -0.117. The Morgan fingerprint density at radius 1 is 1.30 bits per heavy atom. The second kappa shape index (κ2) is 6.39. The molecule has 0 unspecified atom stereocenters. The number of anilines is 1. The van der Waals surface area contributed by atoms with Crippen molar-refractivity contribution in [1.29, 1.82) is 0 Å². The van der Waals surface area contributed by atoms with Gasteiger partial charge in [0, 0.05) is 25.8 Å². The summed E-state index contributed by atoms with van der Waals surface area (Å²) in [6, 6.07) is 0.407. The van der Waals surface area contributed by atoms with Gasteiger partial charge in [0.1, 0.15) is 0 Å². The zero-order valence-electron chi connectivity index (χ0n) is 11.9. The van der Waals surface area contributed by atoms with Gasteiger partial charge in [-0.3, -0.25) is 9.48 Å². The predicted molar refractivity (Wildman–Crippen MR) is 76.5 cm³/mol. The molecule has 0 aromatic carbocycles. The standard InChI is InChI=1S/C15H23N3O2/c19-15(9-12-3-1-2-4-12)17-13-10-16-18(11-13)14-5-7-20-8-6-14/h10-12,14H,1-9H2,(H,17,19). The Labute approximate surface area is 119 Å². The van der Waals surface area contributed by atoms with Crippen molar-refractivity contribution in [3.8, 4) is 0 Å². The largest absolute Gasteiger partial charge is 0.381 e. The van der Waals surface area contributed by atoms with Crippen LogP contribution in [0, 0.1) is 5.92 Å². The minimum Gasteiger partial charge on any atom is -0.381 e. The van der Waals surface area contributed by atoms with Crippen molar-refractivity contribution < 1.29 is 9.53 Å². The molecule has 0 atom stereocenters. The van der Waals surface area contributed by atoms with Gasteiger partial charge in [0.15, 0.2) is 0 Å². The molecule has 0 radical (unpaired) electrons. The van der Waals surface area contributed by atoms with Crippen LogP contribution in [0.5, 0.6) is 0 Å². The lowest BCUT2D eigenvalue weighted by atomic mass is 10.0. The molecular weight excluding hydrogens is 254 g/mol. The summed E-state index contributed by atoms with van der Waals surface area (Å²) in [7, 11) is 0. The first-order chi connectivity index (χ1) is 9.81. The van der Waals surface area contributed by atoms with Crippen LogP contribution in [0.2, 0.25) is 0 Å². The molecule has 1 aromatic heterocycles. The molecule has 5 heteroatoms. The van der Waals surface area contributed by atoms with E-state index in [1.807, 2.05) is 10.9 Å². The second-order valence-electron chi connectivity index (χ2n) is 5.96. The lowest BCUT2D eigenvalue weighted by Crippen LogP contribution is -2.20. The Kier molecular flexibility index (Phi) is 4.35. The van der Waals surface area contributed by atoms with Gasteiger partial charge in [0.25, 0.3) is 0 Å². The van der Waals surface area contributed by atoms with Gasteiger partial charge >= 0.3 is 0 Å². The van der Waals surface area contributed by atoms with E-state index in [9.17, 15) is 4.79 Å². The van der Waals surface area contributed by atoms with Gasteiger partial charge in [-0.05, 0) is 31.6 Å². The summed E-state index contributed by atoms with van der Waals surface area (Å²) in [4.78, 5) is 12.0. The SMILES string of the molecule is O=C(CC1CCCC1)Nc1cnn(C2CCOCC2)c1. The molecule has 2 heterocycles. The predicted octanol–water partition coefficient (Wildman–Crippen LogP) is 2.75. The molecule has 1 saturated carbocycles. The van der Waals surface area contributed by atoms with E-state index >= 15 is 0 Å². The smallest absolute Gasteiger partial charge is 0.224 e. The van der Waals surface area contributed by atoms with Crippen LogP contribution in [-0.2, 0) is 9.53 Å². The number of ether oxygens (including phenoxy) is 1. The second-order valence-corrected chi connectivity index (χ2v) is 5.96. The summed E-state index contributed by atoms with van der Waals surface area (Å²) < 4.78 is 7.32. The molecule has 2 aliphatic rings. The van der Waals surface area contributed by atoms with E-state index in [-0.39, 0.29) is 5.91 Å². The van der Waals surface area contributed by atoms with Crippen molar-refractivity contribution in [2.24, 2.45) is 5.92 Å². The van der Waals surface area contributed by atoms with E-state index < -0.39 is 0 Å². The van der Waals surface area contributed by atoms with Gasteiger partial charge in [-0.15, -0.1) is 0 Å². The van der Waals surface area contributed by atoms with Crippen LogP contribution in [0.3, 0.4) is 0 Å². The first kappa shape index (κ1) is 13.6. The molecule has 1 amide bonds. The molecule has 0 bridgehead atoms. The van der Waals surface area contributed by atoms with Gasteiger partial charge in [0.05, 0.1) is 17.9 Å². The average molecular weight is 277 g/mol. The Morgan fingerprint density at radius 2 is 2.05 bits per heavy atom. The van der Waals surface area contributed by atoms with E-state index in [0.29, 0.717) is 18.4 Å². The van der Waals surface area contributed by atoms with Gasteiger partial charge < -0.3 is 10.1 Å². The van der Waals surface area contributed by atoms with E-state index in [2.05, 4.69) is 10.4 Å². The van der Waals surface area contributed by atoms with Gasteiger partial charge in [-0.2, -0.15) is 5.10 Å². The number of aromatic nitrogens is 2. The van der Waals surface area contributed by atoms with Crippen LogP contribution >= 0.6 is 0 Å². The van der Waals surface area contributed by atoms with Crippen LogP contribution in [0.1, 0.15) is 51.0 Å². The normalized spacial score (nSPS) is 21.2. The summed E-state index contributed by atoms with van der Waals surface area (Å²) >= 11 is 0. The molecule has 3 rings (SSSR count). The monoisotopic (exact) mass is 277 g/mol. The Bertz CT molecular complexity index is 446. The van der Waals surface area contributed by atoms with Crippen molar-refractivity contribution in [1.82, 2.24) is 9.78 Å². The molecule has 20 heavy (non-hydrogen) atoms. The number of nitrogens with zero attached hydrogens (tertiary/aromatic N) is 2. The molecule has 110 valence electrons. The molecule has 0 spiro atoms. The Balaban J connectivity index is 1.52. The number of hydrogen-bond donors (Lipinski definition) is 1. The molecule has 1 saturated heterocycles. The highest BCUT2D eigenvalue weighted by molar-refractivity contribution is 5.90. The quantitative estimate of drug-likeness (QED) is 0.920. The summed E-state index contributed by atoms with van der Waals surface area (Å²) in [5, 5.41) is 7.35. The molecule has 1 aromatic rings. The summed E-state index contributed by atoms with van der Waals surface area (Å²) in [5.41, 5.74) is 0.819. The van der Waals surface area contributed by atoms with Crippen LogP contribution in [0.25, 0.3) is 0 Å². The first-order valence-corrected chi connectivity index (χ1v) is 7.73. The van der Waals surface area contributed by atoms with Crippen molar-refractivity contribution in [2.75, 3.05) is 18.5 Å². The number of nitrogens with one attached hydrogen (secondary N) is 1. The molecule has 1 aliphatic carbocycles. The summed E-state index contributed by atoms with van der Waals surface area (Å²) in [6.07, 6.45) is 11.3. The highest BCUT2D eigenvalue weighted by Crippen LogP contribution is 2.28. The molecule has 1 N–H and O–H groups in total. The number of amides is 1. The molecule has 5 nitrogen and oxygen atoms in total. The summed E-state index contributed by atoms with van der Waals surface area (Å²) in [5.74, 6) is 0.712. The third-order valence-electron chi connectivity index (χ3n) is 4.40. The fourth-order valence-corrected chi connectivity index (χ4v) is 3.24. The van der Waals surface area contributed by atoms with E-state index in [4.69, 9.17) is 4.74 Å². The van der Waals surface area contributed by atoms with Crippen molar-refractivity contribution in [3.63, 3.8) is 0 Å². The topological polar surface area (TPSA) is 56.2 Å². The maximum absolute atomic E-state index is 12.0. The average Bonchev–Trinajstić information content (AvgIpc) is 3.11. The van der Waals surface area contributed by atoms with E-state index in [1.165, 1.54) is 25.7 Å². The van der Waals surface area contributed by atoms with E-state index in [1.54, 1.807) is 6.20 Å². The highest BCUT2D eigenvalue weighted by atomic mass is 16.5. The molecule has 2 fully saturated rings. The van der Waals surface area contributed by atoms with Crippen LogP contribution in [0.4, 0.5) is 5.69 Å². The van der Waals surface area contributed by atoms with Crippen LogP contribution in [-0.4, -0.2) is 28.9 Å². The first-order valence-electron chi connectivity index (χ1n) is 7.73. The lowest BCUT2D eigenvalue weighted by Gasteiger charge is -2.22. The molecule has 1 aliphatic heterocycles. The zero-order chi connectivity index (χ0) is 13.8. The van der Waals surface area contributed by atoms with Gasteiger partial charge in [0.2, 0.25) is 5.91 Å². The molecular formula is C15H23N3O2. The van der Waals surface area contributed by atoms with Gasteiger partial charge in [-0.1, -0.05) is 12.8 Å². The number of carbonyl (C=O) groups excluding carboxylic acids is 1. The maximum Gasteiger partial charge on any atom is 0.224 e. The third-order valence-corrected chi connectivity index (χ3v) is 4.40. The fraction of sp³-hybridized carbons (Fsp3) is 0.733. The maximum atomic E-state index is 12.0.